The maximum absolute atomic E-state index is 6.58. The third-order valence-corrected chi connectivity index (χ3v) is 7.18. The number of hydrogen-bond donors (Lipinski definition) is 0. The molecule has 0 heterocycles. The lowest BCUT2D eigenvalue weighted by molar-refractivity contribution is -0.246. The van der Waals surface area contributed by atoms with Crippen LogP contribution in [0.1, 0.15) is 123 Å². The quantitative estimate of drug-likeness (QED) is 0.183. The molecule has 6 nitrogen and oxygen atoms in total. The van der Waals surface area contributed by atoms with Crippen LogP contribution >= 0.6 is 8.60 Å². The summed E-state index contributed by atoms with van der Waals surface area (Å²) in [5.41, 5.74) is -0.436. The van der Waals surface area contributed by atoms with Crippen molar-refractivity contribution in [3.63, 3.8) is 0 Å². The summed E-state index contributed by atoms with van der Waals surface area (Å²) in [6.45, 7) is 32.7. The van der Waals surface area contributed by atoms with E-state index in [1.54, 1.807) is 0 Å². The molecule has 0 aliphatic heterocycles. The Morgan fingerprint density at radius 3 is 0.839 bits per heavy atom. The molecular formula is C24H54N3O3P. The van der Waals surface area contributed by atoms with Gasteiger partial charge in [0.2, 0.25) is 0 Å². The Morgan fingerprint density at radius 2 is 0.710 bits per heavy atom. The minimum absolute atomic E-state index is 0.145. The molecule has 188 valence electrons. The second-order valence-electron chi connectivity index (χ2n) is 11.2. The maximum Gasteiger partial charge on any atom is 0.387 e. The first-order valence-corrected chi connectivity index (χ1v) is 13.3. The van der Waals surface area contributed by atoms with Crippen LogP contribution in [0.15, 0.2) is 0 Å². The third-order valence-electron chi connectivity index (χ3n) is 6.26. The van der Waals surface area contributed by atoms with Crippen molar-refractivity contribution in [3.05, 3.63) is 0 Å². The van der Waals surface area contributed by atoms with Gasteiger partial charge in [0.15, 0.2) is 0 Å². The summed E-state index contributed by atoms with van der Waals surface area (Å²) in [6, 6.07) is 0.557. The highest BCUT2D eigenvalue weighted by atomic mass is 31.2. The van der Waals surface area contributed by atoms with Gasteiger partial charge in [-0.25, -0.2) is 13.9 Å². The van der Waals surface area contributed by atoms with Crippen molar-refractivity contribution < 1.29 is 13.9 Å². The Labute approximate surface area is 195 Å². The number of hydroxylamine groups is 6. The Hall–Kier alpha value is 0.190. The Balaban J connectivity index is 6.16. The SMILES string of the molecule is CCC(C)(C)N(OP(ON(C(C)C)C(C)(C)CC)ON(C(C)C)C(C)(C)CC)C(C)C. The van der Waals surface area contributed by atoms with Crippen molar-refractivity contribution in [1.29, 1.82) is 0 Å². The fourth-order valence-corrected chi connectivity index (χ4v) is 5.19. The van der Waals surface area contributed by atoms with Crippen molar-refractivity contribution in [2.24, 2.45) is 0 Å². The van der Waals surface area contributed by atoms with Gasteiger partial charge in [0.05, 0.1) is 0 Å². The van der Waals surface area contributed by atoms with Crippen LogP contribution in [0.3, 0.4) is 0 Å². The topological polar surface area (TPSA) is 37.4 Å². The minimum atomic E-state index is -1.71. The summed E-state index contributed by atoms with van der Waals surface area (Å²) in [6.07, 6.45) is 2.87. The monoisotopic (exact) mass is 463 g/mol. The predicted octanol–water partition coefficient (Wildman–Crippen LogP) is 7.71. The highest BCUT2D eigenvalue weighted by Gasteiger charge is 2.40. The smallest absolute Gasteiger partial charge is 0.218 e. The lowest BCUT2D eigenvalue weighted by Gasteiger charge is -2.46. The van der Waals surface area contributed by atoms with Gasteiger partial charge in [0.25, 0.3) is 0 Å². The van der Waals surface area contributed by atoms with Gasteiger partial charge in [-0.1, -0.05) is 20.8 Å². The Bertz CT molecular complexity index is 439. The highest BCUT2D eigenvalue weighted by molar-refractivity contribution is 7.41. The predicted molar refractivity (Wildman–Crippen MR) is 134 cm³/mol. The number of hydrogen-bond acceptors (Lipinski definition) is 6. The summed E-state index contributed by atoms with van der Waals surface area (Å²) in [7, 11) is -1.71. The van der Waals surface area contributed by atoms with Gasteiger partial charge in [-0.2, -0.15) is 15.2 Å². The molecule has 0 radical (unpaired) electrons. The van der Waals surface area contributed by atoms with Gasteiger partial charge in [-0.15, -0.1) is 0 Å². The van der Waals surface area contributed by atoms with Crippen LogP contribution < -0.4 is 0 Å². The first-order chi connectivity index (χ1) is 14.0. The standard InChI is InChI=1S/C24H54N3O3P/c1-16-22(10,11)25(19(4)5)28-31(29-26(20(6)7)23(12,13)17-2)30-27(21(8)9)24(14,15)18-3/h19-21H,16-18H2,1-15H3. The molecule has 0 amide bonds. The minimum Gasteiger partial charge on any atom is -0.218 e. The summed E-state index contributed by atoms with van der Waals surface area (Å²) < 4.78 is 19.7. The van der Waals surface area contributed by atoms with Crippen LogP contribution in [0.5, 0.6) is 0 Å². The van der Waals surface area contributed by atoms with E-state index in [2.05, 4.69) is 104 Å². The maximum atomic E-state index is 6.58. The fraction of sp³-hybridized carbons (Fsp3) is 1.00. The van der Waals surface area contributed by atoms with E-state index in [4.69, 9.17) is 13.9 Å². The second kappa shape index (κ2) is 12.6. The van der Waals surface area contributed by atoms with E-state index in [1.807, 2.05) is 15.2 Å². The molecule has 0 unspecified atom stereocenters. The van der Waals surface area contributed by atoms with E-state index in [0.717, 1.165) is 19.3 Å². The normalized spacial score (nSPS) is 14.5. The van der Waals surface area contributed by atoms with Crippen molar-refractivity contribution in [1.82, 2.24) is 15.2 Å². The van der Waals surface area contributed by atoms with Gasteiger partial charge >= 0.3 is 8.60 Å². The van der Waals surface area contributed by atoms with Crippen LogP contribution in [0, 0.1) is 0 Å². The van der Waals surface area contributed by atoms with Crippen molar-refractivity contribution in [2.75, 3.05) is 0 Å². The molecule has 0 bridgehead atoms. The van der Waals surface area contributed by atoms with Crippen LogP contribution in [-0.2, 0) is 13.9 Å². The van der Waals surface area contributed by atoms with Gasteiger partial charge in [-0.05, 0) is 102 Å². The summed E-state index contributed by atoms with van der Waals surface area (Å²) in [4.78, 5) is 0. The van der Waals surface area contributed by atoms with Crippen LogP contribution in [0.2, 0.25) is 0 Å². The van der Waals surface area contributed by atoms with Gasteiger partial charge in [-0.3, -0.25) is 0 Å². The highest BCUT2D eigenvalue weighted by Crippen LogP contribution is 2.49. The van der Waals surface area contributed by atoms with Gasteiger partial charge < -0.3 is 0 Å². The van der Waals surface area contributed by atoms with E-state index < -0.39 is 8.60 Å². The first-order valence-electron chi connectivity index (χ1n) is 12.2. The summed E-state index contributed by atoms with van der Waals surface area (Å²) in [5.74, 6) is 0. The molecule has 0 fully saturated rings. The second-order valence-corrected chi connectivity index (χ2v) is 12.2. The average molecular weight is 464 g/mol. The van der Waals surface area contributed by atoms with Gasteiger partial charge in [0, 0.05) is 34.7 Å². The van der Waals surface area contributed by atoms with Crippen LogP contribution in [-0.4, -0.2) is 49.9 Å². The van der Waals surface area contributed by atoms with Crippen LogP contribution in [0.25, 0.3) is 0 Å². The van der Waals surface area contributed by atoms with Gasteiger partial charge in [0.1, 0.15) is 0 Å². The van der Waals surface area contributed by atoms with E-state index in [-0.39, 0.29) is 34.7 Å². The molecule has 7 heteroatoms. The zero-order valence-corrected chi connectivity index (χ0v) is 24.3. The fourth-order valence-electron chi connectivity index (χ4n) is 3.44. The molecule has 0 N–H and O–H groups in total. The molecular weight excluding hydrogens is 409 g/mol. The number of rotatable bonds is 15. The van der Waals surface area contributed by atoms with Crippen molar-refractivity contribution >= 4 is 8.60 Å². The molecule has 0 atom stereocenters. The first kappa shape index (κ1) is 31.2. The van der Waals surface area contributed by atoms with E-state index >= 15 is 0 Å². The Kier molecular flexibility index (Phi) is 12.7. The third kappa shape index (κ3) is 9.16. The zero-order valence-electron chi connectivity index (χ0n) is 23.4. The largest absolute Gasteiger partial charge is 0.387 e. The zero-order chi connectivity index (χ0) is 24.8. The molecule has 0 rings (SSSR count). The lowest BCUT2D eigenvalue weighted by atomic mass is 10.0. The van der Waals surface area contributed by atoms with E-state index in [9.17, 15) is 0 Å². The molecule has 0 aromatic heterocycles. The summed E-state index contributed by atoms with van der Waals surface area (Å²) >= 11 is 0. The lowest BCUT2D eigenvalue weighted by Crippen LogP contribution is -2.51. The van der Waals surface area contributed by atoms with Crippen molar-refractivity contribution in [3.8, 4) is 0 Å². The molecule has 0 aliphatic carbocycles. The molecule has 0 saturated heterocycles. The van der Waals surface area contributed by atoms with Crippen LogP contribution in [0.4, 0.5) is 0 Å². The van der Waals surface area contributed by atoms with E-state index in [1.165, 1.54) is 0 Å². The molecule has 0 spiro atoms. The molecule has 0 aromatic carbocycles. The number of nitrogens with zero attached hydrogens (tertiary/aromatic N) is 3. The van der Waals surface area contributed by atoms with E-state index in [0.29, 0.717) is 0 Å². The molecule has 0 aliphatic rings. The summed E-state index contributed by atoms with van der Waals surface area (Å²) in [5, 5.41) is 6.15. The molecule has 0 saturated carbocycles. The Morgan fingerprint density at radius 1 is 0.516 bits per heavy atom. The molecule has 31 heavy (non-hydrogen) atoms. The average Bonchev–Trinajstić information content (AvgIpc) is 2.65. The molecule has 0 aromatic rings. The van der Waals surface area contributed by atoms with Crippen molar-refractivity contribution in [2.45, 2.75) is 158 Å².